The van der Waals surface area contributed by atoms with Gasteiger partial charge in [-0.25, -0.2) is 4.98 Å². The lowest BCUT2D eigenvalue weighted by molar-refractivity contribution is -0.121. The zero-order valence-corrected chi connectivity index (χ0v) is 14.0. The molecule has 116 valence electrons. The van der Waals surface area contributed by atoms with Crippen LogP contribution in [-0.4, -0.2) is 23.0 Å². The molecule has 0 fully saturated rings. The molecule has 0 radical (unpaired) electrons. The Morgan fingerprint density at radius 1 is 1.50 bits per heavy atom. The minimum absolute atomic E-state index is 0.0398. The van der Waals surface area contributed by atoms with Crippen molar-refractivity contribution in [2.24, 2.45) is 5.92 Å². The first kappa shape index (κ1) is 16.2. The van der Waals surface area contributed by atoms with Crippen molar-refractivity contribution in [3.63, 3.8) is 0 Å². The summed E-state index contributed by atoms with van der Waals surface area (Å²) in [6.45, 7) is 7.67. The minimum Gasteiger partial charge on any atom is -0.376 e. The molecule has 0 aliphatic heterocycles. The number of hydrogen-bond donors (Lipinski definition) is 2. The standard InChI is InChI=1S/C16H20N4OS/c1-10(2)16(4,9-17)20-15(21)8-18-12-5-6-13-14(7-12)22-11(3)19-13/h5-7,10,18H,8H2,1-4H3,(H,20,21)/t16-/m0/s1. The van der Waals surface area contributed by atoms with E-state index in [0.717, 1.165) is 20.9 Å². The van der Waals surface area contributed by atoms with E-state index in [4.69, 9.17) is 0 Å². The van der Waals surface area contributed by atoms with E-state index in [2.05, 4.69) is 21.7 Å². The van der Waals surface area contributed by atoms with Crippen LogP contribution in [0.5, 0.6) is 0 Å². The molecule has 1 aromatic carbocycles. The fraction of sp³-hybridized carbons (Fsp3) is 0.438. The van der Waals surface area contributed by atoms with Gasteiger partial charge in [0.2, 0.25) is 5.91 Å². The van der Waals surface area contributed by atoms with Crippen molar-refractivity contribution in [2.45, 2.75) is 33.2 Å². The normalized spacial score (nSPS) is 13.6. The van der Waals surface area contributed by atoms with Crippen LogP contribution in [0.3, 0.4) is 0 Å². The van der Waals surface area contributed by atoms with Crippen LogP contribution in [0.1, 0.15) is 25.8 Å². The number of anilines is 1. The van der Waals surface area contributed by atoms with Crippen LogP contribution < -0.4 is 10.6 Å². The number of nitrogens with zero attached hydrogens (tertiary/aromatic N) is 2. The summed E-state index contributed by atoms with van der Waals surface area (Å²) in [6, 6.07) is 7.99. The molecule has 2 N–H and O–H groups in total. The fourth-order valence-electron chi connectivity index (χ4n) is 1.97. The van der Waals surface area contributed by atoms with Crippen molar-refractivity contribution in [3.8, 4) is 6.07 Å². The molecule has 1 amide bonds. The summed E-state index contributed by atoms with van der Waals surface area (Å²) in [5, 5.41) is 16.1. The second-order valence-corrected chi connectivity index (χ2v) is 7.02. The highest BCUT2D eigenvalue weighted by molar-refractivity contribution is 7.18. The third-order valence-corrected chi connectivity index (χ3v) is 4.67. The monoisotopic (exact) mass is 316 g/mol. The van der Waals surface area contributed by atoms with E-state index in [0.29, 0.717) is 0 Å². The second-order valence-electron chi connectivity index (χ2n) is 5.79. The highest BCUT2D eigenvalue weighted by Gasteiger charge is 2.29. The quantitative estimate of drug-likeness (QED) is 0.888. The van der Waals surface area contributed by atoms with Gasteiger partial charge in [-0.2, -0.15) is 5.26 Å². The average molecular weight is 316 g/mol. The van der Waals surface area contributed by atoms with Gasteiger partial charge in [0.15, 0.2) is 0 Å². The van der Waals surface area contributed by atoms with E-state index >= 15 is 0 Å². The van der Waals surface area contributed by atoms with Gasteiger partial charge in [-0.05, 0) is 38.0 Å². The smallest absolute Gasteiger partial charge is 0.240 e. The summed E-state index contributed by atoms with van der Waals surface area (Å²) in [5.74, 6) is -0.156. The highest BCUT2D eigenvalue weighted by atomic mass is 32.1. The SMILES string of the molecule is Cc1nc2ccc(NCC(=O)N[C@@](C)(C#N)C(C)C)cc2s1. The van der Waals surface area contributed by atoms with Gasteiger partial charge in [-0.3, -0.25) is 4.79 Å². The van der Waals surface area contributed by atoms with Gasteiger partial charge in [-0.1, -0.05) is 13.8 Å². The topological polar surface area (TPSA) is 77.8 Å². The van der Waals surface area contributed by atoms with Gasteiger partial charge in [0, 0.05) is 5.69 Å². The Labute approximate surface area is 134 Å². The summed E-state index contributed by atoms with van der Waals surface area (Å²) < 4.78 is 1.09. The number of nitrogens with one attached hydrogen (secondary N) is 2. The molecular weight excluding hydrogens is 296 g/mol. The molecule has 0 unspecified atom stereocenters. The summed E-state index contributed by atoms with van der Waals surface area (Å²) in [7, 11) is 0. The molecule has 0 aliphatic rings. The van der Waals surface area contributed by atoms with Crippen molar-refractivity contribution in [1.29, 1.82) is 5.26 Å². The number of amides is 1. The predicted molar refractivity (Wildman–Crippen MR) is 89.8 cm³/mol. The lowest BCUT2D eigenvalue weighted by Gasteiger charge is -2.27. The Kier molecular flexibility index (Phi) is 4.67. The van der Waals surface area contributed by atoms with E-state index in [1.807, 2.05) is 39.0 Å². The van der Waals surface area contributed by atoms with E-state index in [1.165, 1.54) is 0 Å². The summed E-state index contributed by atoms with van der Waals surface area (Å²) >= 11 is 1.62. The van der Waals surface area contributed by atoms with Gasteiger partial charge >= 0.3 is 0 Å². The molecule has 2 rings (SSSR count). The molecule has 0 saturated heterocycles. The highest BCUT2D eigenvalue weighted by Crippen LogP contribution is 2.24. The van der Waals surface area contributed by atoms with Crippen LogP contribution in [-0.2, 0) is 4.79 Å². The molecule has 0 bridgehead atoms. The summed E-state index contributed by atoms with van der Waals surface area (Å²) in [5.41, 5.74) is 0.987. The number of benzene rings is 1. The average Bonchev–Trinajstić information content (AvgIpc) is 2.84. The molecule has 0 spiro atoms. The number of hydrogen-bond acceptors (Lipinski definition) is 5. The largest absolute Gasteiger partial charge is 0.376 e. The first-order chi connectivity index (χ1) is 10.3. The van der Waals surface area contributed by atoms with E-state index < -0.39 is 5.54 Å². The first-order valence-corrected chi connectivity index (χ1v) is 7.99. The number of thiazole rings is 1. The zero-order valence-electron chi connectivity index (χ0n) is 13.2. The third kappa shape index (κ3) is 3.55. The van der Waals surface area contributed by atoms with E-state index in [9.17, 15) is 10.1 Å². The van der Waals surface area contributed by atoms with E-state index in [1.54, 1.807) is 18.3 Å². The number of aromatic nitrogens is 1. The van der Waals surface area contributed by atoms with Crippen LogP contribution in [0.25, 0.3) is 10.2 Å². The first-order valence-electron chi connectivity index (χ1n) is 7.17. The Morgan fingerprint density at radius 3 is 2.86 bits per heavy atom. The maximum Gasteiger partial charge on any atom is 0.240 e. The summed E-state index contributed by atoms with van der Waals surface area (Å²) in [6.07, 6.45) is 0. The molecule has 5 nitrogen and oxygen atoms in total. The predicted octanol–water partition coefficient (Wildman–Crippen LogP) is 3.07. The lowest BCUT2D eigenvalue weighted by atomic mass is 9.90. The fourth-order valence-corrected chi connectivity index (χ4v) is 2.83. The molecule has 1 atom stereocenters. The van der Waals surface area contributed by atoms with Gasteiger partial charge in [-0.15, -0.1) is 11.3 Å². The number of aryl methyl sites for hydroxylation is 1. The van der Waals surface area contributed by atoms with Crippen LogP contribution in [0.2, 0.25) is 0 Å². The third-order valence-electron chi connectivity index (χ3n) is 3.73. The molecular formula is C16H20N4OS. The van der Waals surface area contributed by atoms with Crippen LogP contribution in [0, 0.1) is 24.2 Å². The Bertz CT molecular complexity index is 731. The van der Waals surface area contributed by atoms with Gasteiger partial charge in [0.1, 0.15) is 5.54 Å². The molecule has 1 heterocycles. The number of carbonyl (C=O) groups excluding carboxylic acids is 1. The van der Waals surface area contributed by atoms with Crippen molar-refractivity contribution in [3.05, 3.63) is 23.2 Å². The summed E-state index contributed by atoms with van der Waals surface area (Å²) in [4.78, 5) is 16.4. The number of rotatable bonds is 5. The van der Waals surface area contributed by atoms with Gasteiger partial charge < -0.3 is 10.6 Å². The van der Waals surface area contributed by atoms with Crippen molar-refractivity contribution in [2.75, 3.05) is 11.9 Å². The Morgan fingerprint density at radius 2 is 2.23 bits per heavy atom. The maximum atomic E-state index is 12.0. The molecule has 0 aliphatic carbocycles. The second kappa shape index (κ2) is 6.32. The maximum absolute atomic E-state index is 12.0. The lowest BCUT2D eigenvalue weighted by Crippen LogP contribution is -2.50. The molecule has 6 heteroatoms. The van der Waals surface area contributed by atoms with Crippen molar-refractivity contribution < 1.29 is 4.79 Å². The van der Waals surface area contributed by atoms with E-state index in [-0.39, 0.29) is 18.4 Å². The number of fused-ring (bicyclic) bond motifs is 1. The molecule has 22 heavy (non-hydrogen) atoms. The van der Waals surface area contributed by atoms with Gasteiger partial charge in [0.05, 0.1) is 27.8 Å². The minimum atomic E-state index is -0.850. The van der Waals surface area contributed by atoms with Gasteiger partial charge in [0.25, 0.3) is 0 Å². The molecule has 0 saturated carbocycles. The van der Waals surface area contributed by atoms with Crippen LogP contribution >= 0.6 is 11.3 Å². The number of nitriles is 1. The Hall–Kier alpha value is -2.13. The number of carbonyl (C=O) groups is 1. The van der Waals surface area contributed by atoms with Crippen LogP contribution in [0.15, 0.2) is 18.2 Å². The van der Waals surface area contributed by atoms with Crippen LogP contribution in [0.4, 0.5) is 5.69 Å². The van der Waals surface area contributed by atoms with Crippen molar-refractivity contribution in [1.82, 2.24) is 10.3 Å². The Balaban J connectivity index is 1.99. The van der Waals surface area contributed by atoms with Crippen molar-refractivity contribution >= 4 is 33.1 Å². The zero-order chi connectivity index (χ0) is 16.3. The molecule has 1 aromatic heterocycles. The molecule has 2 aromatic rings.